The molecule has 0 aliphatic heterocycles. The molecule has 1 aromatic carbocycles. The molecule has 1 unspecified atom stereocenters. The molecule has 0 saturated heterocycles. The van der Waals surface area contributed by atoms with Gasteiger partial charge in [-0.05, 0) is 33.4 Å². The van der Waals surface area contributed by atoms with Gasteiger partial charge in [0.25, 0.3) is 0 Å². The van der Waals surface area contributed by atoms with Crippen LogP contribution >= 0.6 is 27.3 Å². The van der Waals surface area contributed by atoms with Gasteiger partial charge in [0, 0.05) is 21.3 Å². The first-order valence-corrected chi connectivity index (χ1v) is 6.92. The molecule has 0 spiro atoms. The number of ether oxygens (including phenoxy) is 1. The molecule has 0 amide bonds. The predicted molar refractivity (Wildman–Crippen MR) is 73.7 cm³/mol. The van der Waals surface area contributed by atoms with Crippen molar-refractivity contribution in [3.8, 4) is 5.75 Å². The number of benzene rings is 1. The van der Waals surface area contributed by atoms with Crippen LogP contribution in [-0.2, 0) is 6.42 Å². The van der Waals surface area contributed by atoms with Crippen LogP contribution < -0.4 is 4.74 Å². The highest BCUT2D eigenvalue weighted by atomic mass is 79.9. The Labute approximate surface area is 113 Å². The van der Waals surface area contributed by atoms with Crippen LogP contribution in [0.1, 0.15) is 16.5 Å². The third kappa shape index (κ3) is 2.89. The van der Waals surface area contributed by atoms with Gasteiger partial charge in [0.15, 0.2) is 0 Å². The Morgan fingerprint density at radius 1 is 1.35 bits per heavy atom. The summed E-state index contributed by atoms with van der Waals surface area (Å²) in [6, 6.07) is 9.56. The Morgan fingerprint density at radius 3 is 2.76 bits per heavy atom. The Morgan fingerprint density at radius 2 is 2.12 bits per heavy atom. The molecule has 2 aromatic rings. The van der Waals surface area contributed by atoms with Crippen molar-refractivity contribution in [2.24, 2.45) is 0 Å². The average molecular weight is 313 g/mol. The fourth-order valence-electron chi connectivity index (χ4n) is 1.70. The summed E-state index contributed by atoms with van der Waals surface area (Å²) in [6.45, 7) is 0. The van der Waals surface area contributed by atoms with Gasteiger partial charge in [-0.3, -0.25) is 0 Å². The second kappa shape index (κ2) is 5.67. The molecule has 0 fully saturated rings. The monoisotopic (exact) mass is 312 g/mol. The second-order valence-corrected chi connectivity index (χ2v) is 5.51. The highest BCUT2D eigenvalue weighted by Crippen LogP contribution is 2.31. The lowest BCUT2D eigenvalue weighted by Gasteiger charge is -2.14. The van der Waals surface area contributed by atoms with Crippen LogP contribution in [0.3, 0.4) is 0 Å². The number of para-hydroxylation sites is 1. The van der Waals surface area contributed by atoms with Crippen molar-refractivity contribution < 1.29 is 9.84 Å². The lowest BCUT2D eigenvalue weighted by Crippen LogP contribution is -2.03. The van der Waals surface area contributed by atoms with E-state index in [9.17, 15) is 5.11 Å². The summed E-state index contributed by atoms with van der Waals surface area (Å²) in [5.41, 5.74) is 0.829. The fourth-order valence-corrected chi connectivity index (χ4v) is 3.25. The summed E-state index contributed by atoms with van der Waals surface area (Å²) in [5.74, 6) is 0.729. The minimum Gasteiger partial charge on any atom is -0.496 e. The lowest BCUT2D eigenvalue weighted by molar-refractivity contribution is 0.175. The highest BCUT2D eigenvalue weighted by Gasteiger charge is 2.15. The van der Waals surface area contributed by atoms with E-state index in [0.717, 1.165) is 20.7 Å². The number of aliphatic hydroxyl groups is 1. The SMILES string of the molecule is COc1ccccc1C(O)Cc1sccc1Br. The van der Waals surface area contributed by atoms with Crippen molar-refractivity contribution in [2.75, 3.05) is 7.11 Å². The van der Waals surface area contributed by atoms with Crippen molar-refractivity contribution >= 4 is 27.3 Å². The average Bonchev–Trinajstić information content (AvgIpc) is 2.75. The van der Waals surface area contributed by atoms with Crippen LogP contribution in [0.25, 0.3) is 0 Å². The maximum absolute atomic E-state index is 10.2. The summed E-state index contributed by atoms with van der Waals surface area (Å²) in [4.78, 5) is 1.14. The van der Waals surface area contributed by atoms with Crippen LogP contribution in [-0.4, -0.2) is 12.2 Å². The van der Waals surface area contributed by atoms with Gasteiger partial charge < -0.3 is 9.84 Å². The molecule has 2 rings (SSSR count). The Bertz CT molecular complexity index is 496. The van der Waals surface area contributed by atoms with E-state index in [1.165, 1.54) is 0 Å². The minimum absolute atomic E-state index is 0.541. The molecular weight excluding hydrogens is 300 g/mol. The third-order valence-electron chi connectivity index (χ3n) is 2.57. The molecule has 0 aliphatic rings. The van der Waals surface area contributed by atoms with Gasteiger partial charge in [-0.25, -0.2) is 0 Å². The third-order valence-corrected chi connectivity index (χ3v) is 4.52. The molecule has 4 heteroatoms. The van der Waals surface area contributed by atoms with E-state index in [4.69, 9.17) is 4.74 Å². The zero-order valence-corrected chi connectivity index (χ0v) is 11.8. The number of thiophene rings is 1. The second-order valence-electron chi connectivity index (χ2n) is 3.65. The van der Waals surface area contributed by atoms with Gasteiger partial charge in [-0.1, -0.05) is 18.2 Å². The number of aliphatic hydroxyl groups excluding tert-OH is 1. The van der Waals surface area contributed by atoms with E-state index in [-0.39, 0.29) is 0 Å². The first-order valence-electron chi connectivity index (χ1n) is 5.25. The summed E-state index contributed by atoms with van der Waals surface area (Å²) < 4.78 is 6.30. The summed E-state index contributed by atoms with van der Waals surface area (Å²) in [5, 5.41) is 12.2. The fraction of sp³-hybridized carbons (Fsp3) is 0.231. The molecule has 1 atom stereocenters. The molecule has 90 valence electrons. The van der Waals surface area contributed by atoms with E-state index < -0.39 is 6.10 Å². The molecule has 1 aromatic heterocycles. The van der Waals surface area contributed by atoms with E-state index in [0.29, 0.717) is 6.42 Å². The molecule has 0 aliphatic carbocycles. The molecule has 0 radical (unpaired) electrons. The molecular formula is C13H13BrO2S. The van der Waals surface area contributed by atoms with Crippen LogP contribution in [0.15, 0.2) is 40.2 Å². The smallest absolute Gasteiger partial charge is 0.124 e. The molecule has 1 N–H and O–H groups in total. The molecule has 1 heterocycles. The zero-order chi connectivity index (χ0) is 12.3. The van der Waals surface area contributed by atoms with E-state index >= 15 is 0 Å². The molecule has 0 bridgehead atoms. The normalized spacial score (nSPS) is 12.4. The summed E-state index contributed by atoms with van der Waals surface area (Å²) in [6.07, 6.45) is 0.0552. The standard InChI is InChI=1S/C13H13BrO2S/c1-16-12-5-3-2-4-9(12)11(15)8-13-10(14)6-7-17-13/h2-7,11,15H,8H2,1H3. The Hall–Kier alpha value is -0.840. The topological polar surface area (TPSA) is 29.5 Å². The van der Waals surface area contributed by atoms with Gasteiger partial charge in [-0.2, -0.15) is 0 Å². The number of halogens is 1. The van der Waals surface area contributed by atoms with Gasteiger partial charge in [0.1, 0.15) is 5.75 Å². The number of methoxy groups -OCH3 is 1. The van der Waals surface area contributed by atoms with Crippen LogP contribution in [0, 0.1) is 0 Å². The number of hydrogen-bond acceptors (Lipinski definition) is 3. The van der Waals surface area contributed by atoms with Crippen molar-refractivity contribution in [1.29, 1.82) is 0 Å². The Balaban J connectivity index is 2.20. The largest absolute Gasteiger partial charge is 0.496 e. The summed E-state index contributed by atoms with van der Waals surface area (Å²) in [7, 11) is 1.62. The van der Waals surface area contributed by atoms with E-state index in [1.54, 1.807) is 18.4 Å². The molecule has 2 nitrogen and oxygen atoms in total. The van der Waals surface area contributed by atoms with Crippen LogP contribution in [0.2, 0.25) is 0 Å². The highest BCUT2D eigenvalue weighted by molar-refractivity contribution is 9.10. The van der Waals surface area contributed by atoms with Crippen molar-refractivity contribution in [3.63, 3.8) is 0 Å². The van der Waals surface area contributed by atoms with Crippen molar-refractivity contribution in [3.05, 3.63) is 50.6 Å². The van der Waals surface area contributed by atoms with Gasteiger partial charge in [0.2, 0.25) is 0 Å². The van der Waals surface area contributed by atoms with Crippen molar-refractivity contribution in [1.82, 2.24) is 0 Å². The van der Waals surface area contributed by atoms with Gasteiger partial charge >= 0.3 is 0 Å². The van der Waals surface area contributed by atoms with Gasteiger partial charge in [0.05, 0.1) is 13.2 Å². The lowest BCUT2D eigenvalue weighted by atomic mass is 10.0. The maximum atomic E-state index is 10.2. The quantitative estimate of drug-likeness (QED) is 0.930. The number of rotatable bonds is 4. The Kier molecular flexibility index (Phi) is 4.20. The first kappa shape index (κ1) is 12.6. The van der Waals surface area contributed by atoms with Crippen LogP contribution in [0.5, 0.6) is 5.75 Å². The van der Waals surface area contributed by atoms with Gasteiger partial charge in [-0.15, -0.1) is 11.3 Å². The molecule has 0 saturated carbocycles. The van der Waals surface area contributed by atoms with E-state index in [2.05, 4.69) is 15.9 Å². The zero-order valence-electron chi connectivity index (χ0n) is 9.39. The minimum atomic E-state index is -0.541. The predicted octanol–water partition coefficient (Wildman–Crippen LogP) is 3.80. The number of hydrogen-bond donors (Lipinski definition) is 1. The van der Waals surface area contributed by atoms with Crippen LogP contribution in [0.4, 0.5) is 0 Å². The first-order chi connectivity index (χ1) is 8.22. The molecule has 17 heavy (non-hydrogen) atoms. The summed E-state index contributed by atoms with van der Waals surface area (Å²) >= 11 is 5.11. The van der Waals surface area contributed by atoms with E-state index in [1.807, 2.05) is 35.7 Å². The van der Waals surface area contributed by atoms with Crippen molar-refractivity contribution in [2.45, 2.75) is 12.5 Å². The maximum Gasteiger partial charge on any atom is 0.124 e.